The van der Waals surface area contributed by atoms with Crippen LogP contribution in [0.25, 0.3) is 0 Å². The fourth-order valence-corrected chi connectivity index (χ4v) is 6.99. The van der Waals surface area contributed by atoms with Crippen molar-refractivity contribution in [1.82, 2.24) is 0 Å². The van der Waals surface area contributed by atoms with Gasteiger partial charge in [-0.05, 0) is 30.9 Å². The number of phenolic OH excluding ortho intramolecular Hbond substituents is 2. The summed E-state index contributed by atoms with van der Waals surface area (Å²) in [7, 11) is 2.02. The first-order chi connectivity index (χ1) is 13.2. The average Bonchev–Trinajstić information content (AvgIpc) is 3.37. The van der Waals surface area contributed by atoms with Gasteiger partial charge in [0.1, 0.15) is 11.6 Å². The highest BCUT2D eigenvalue weighted by atomic mass is 16.5. The molecule has 1 spiro atoms. The number of phenols is 2. The number of likely N-dealkylation sites (N-methyl/N-ethyl adjacent to an activating group) is 1. The molecule has 5 aliphatic rings. The third kappa shape index (κ3) is 1.67. The maximum atomic E-state index is 12.8. The van der Waals surface area contributed by atoms with Crippen LogP contribution in [0.1, 0.15) is 43.2 Å². The maximum absolute atomic E-state index is 12.8. The van der Waals surface area contributed by atoms with Gasteiger partial charge in [0.05, 0.1) is 19.0 Å². The van der Waals surface area contributed by atoms with Crippen LogP contribution in [0.3, 0.4) is 0 Å². The number of likely N-dealkylation sites (tertiary alicyclic amines) is 1. The van der Waals surface area contributed by atoms with Crippen molar-refractivity contribution < 1.29 is 34.4 Å². The quantitative estimate of drug-likeness (QED) is 0.439. The Morgan fingerprint density at radius 3 is 2.79 bits per heavy atom. The minimum Gasteiger partial charge on any atom is -0.504 e. The largest absolute Gasteiger partial charge is 0.504 e. The minimum absolute atomic E-state index is 0.109. The highest BCUT2D eigenvalue weighted by Gasteiger charge is 2.78. The molecule has 1 unspecified atom stereocenters. The summed E-state index contributed by atoms with van der Waals surface area (Å²) in [6, 6.07) is 1.25. The van der Waals surface area contributed by atoms with Gasteiger partial charge in [-0.15, -0.1) is 0 Å². The predicted molar refractivity (Wildman–Crippen MR) is 96.9 cm³/mol. The van der Waals surface area contributed by atoms with Gasteiger partial charge in [-0.2, -0.15) is 0 Å². The van der Waals surface area contributed by atoms with Crippen LogP contribution >= 0.6 is 0 Å². The summed E-state index contributed by atoms with van der Waals surface area (Å²) in [5.74, 6) is -0.0964. The van der Waals surface area contributed by atoms with E-state index in [1.165, 1.54) is 0 Å². The van der Waals surface area contributed by atoms with E-state index in [1.54, 1.807) is 6.07 Å². The van der Waals surface area contributed by atoms with Gasteiger partial charge < -0.3 is 25.2 Å². The lowest BCUT2D eigenvalue weighted by molar-refractivity contribution is -0.992. The highest BCUT2D eigenvalue weighted by Crippen LogP contribution is 2.67. The SMILES string of the molecule is C[N@+]1(CC2CC2)C(O)C[C@]23c4c5cc(O)c(O)c4O[C@H]2C(=O)CC[C@@]3(O)[C@H]1C5. The molecule has 0 radical (unpaired) electrons. The maximum Gasteiger partial charge on any atom is 0.200 e. The number of aliphatic hydroxyl groups excluding tert-OH is 1. The molecule has 2 heterocycles. The second kappa shape index (κ2) is 4.83. The van der Waals surface area contributed by atoms with Gasteiger partial charge >= 0.3 is 0 Å². The van der Waals surface area contributed by atoms with Crippen LogP contribution in [0.5, 0.6) is 17.2 Å². The number of ether oxygens (including phenoxy) is 1. The summed E-state index contributed by atoms with van der Waals surface area (Å²) < 4.78 is 6.30. The Bertz CT molecular complexity index is 928. The summed E-state index contributed by atoms with van der Waals surface area (Å²) in [5, 5.41) is 44.2. The van der Waals surface area contributed by atoms with E-state index < -0.39 is 23.3 Å². The third-order valence-corrected chi connectivity index (χ3v) is 8.47. The first-order valence-electron chi connectivity index (χ1n) is 10.3. The lowest BCUT2D eigenvalue weighted by atomic mass is 9.48. The Morgan fingerprint density at radius 1 is 1.32 bits per heavy atom. The number of piperidine rings is 1. The monoisotopic (exact) mass is 388 g/mol. The highest BCUT2D eigenvalue weighted by molar-refractivity contribution is 5.90. The van der Waals surface area contributed by atoms with E-state index in [9.17, 15) is 25.2 Å². The second-order valence-corrected chi connectivity index (χ2v) is 9.84. The lowest BCUT2D eigenvalue weighted by Gasteiger charge is -2.65. The number of carbonyl (C=O) groups excluding carboxylic acids is 1. The molecule has 7 heteroatoms. The number of benzene rings is 1. The van der Waals surface area contributed by atoms with Crippen molar-refractivity contribution in [3.63, 3.8) is 0 Å². The Balaban J connectivity index is 1.64. The number of nitrogens with zero attached hydrogens (tertiary/aromatic N) is 1. The molecule has 2 saturated carbocycles. The number of rotatable bonds is 2. The molecule has 3 aliphatic carbocycles. The van der Waals surface area contributed by atoms with Gasteiger partial charge in [0.25, 0.3) is 0 Å². The minimum atomic E-state index is -1.20. The number of aliphatic hydroxyl groups is 2. The molecule has 4 N–H and O–H groups in total. The van der Waals surface area contributed by atoms with Crippen molar-refractivity contribution in [3.8, 4) is 17.2 Å². The van der Waals surface area contributed by atoms with Gasteiger partial charge in [0.2, 0.25) is 5.75 Å². The van der Waals surface area contributed by atoms with Crippen molar-refractivity contribution in [2.75, 3.05) is 13.6 Å². The third-order valence-electron chi connectivity index (χ3n) is 8.47. The molecule has 0 aromatic heterocycles. The topological polar surface area (TPSA) is 107 Å². The molecule has 6 rings (SSSR count). The molecule has 0 amide bonds. The number of ketones is 1. The van der Waals surface area contributed by atoms with Gasteiger partial charge in [-0.3, -0.25) is 9.28 Å². The first-order valence-corrected chi connectivity index (χ1v) is 10.3. The second-order valence-electron chi connectivity index (χ2n) is 9.84. The number of hydrogen-bond acceptors (Lipinski definition) is 6. The fourth-order valence-electron chi connectivity index (χ4n) is 6.99. The van der Waals surface area contributed by atoms with Crippen LogP contribution in [-0.4, -0.2) is 68.3 Å². The van der Waals surface area contributed by atoms with Crippen LogP contribution in [0.4, 0.5) is 0 Å². The number of quaternary nitrogens is 1. The standard InChI is InChI=1S/C21H25NO6/c1-22(9-10-2-3-10)14-7-11-6-13(24)17(26)18-16(11)20(8-15(22)25)19(28-18)12(23)4-5-21(14,20)27/h6,10,14-15,19,25,27H,2-5,7-9H2,1H3,(H-,24,26)/p+1/t14-,15?,19+,20+,21-,22-/m1/s1. The molecule has 1 aromatic carbocycles. The van der Waals surface area contributed by atoms with Crippen LogP contribution in [0.15, 0.2) is 6.07 Å². The van der Waals surface area contributed by atoms with Crippen molar-refractivity contribution in [1.29, 1.82) is 0 Å². The molecular formula is C21H26NO6+. The summed E-state index contributed by atoms with van der Waals surface area (Å²) in [6.45, 7) is 0.802. The van der Waals surface area contributed by atoms with E-state index in [1.807, 2.05) is 7.05 Å². The van der Waals surface area contributed by atoms with E-state index in [4.69, 9.17) is 4.74 Å². The Labute approximate surface area is 162 Å². The summed E-state index contributed by atoms with van der Waals surface area (Å²) in [6.07, 6.45) is 1.88. The van der Waals surface area contributed by atoms with Gasteiger partial charge in [0.15, 0.2) is 29.6 Å². The summed E-state index contributed by atoms with van der Waals surface area (Å²) in [5.41, 5.74) is -0.835. The molecule has 28 heavy (non-hydrogen) atoms. The van der Waals surface area contributed by atoms with Crippen LogP contribution < -0.4 is 4.74 Å². The Morgan fingerprint density at radius 2 is 2.07 bits per heavy atom. The van der Waals surface area contributed by atoms with E-state index in [-0.39, 0.29) is 41.9 Å². The summed E-state index contributed by atoms with van der Waals surface area (Å²) in [4.78, 5) is 12.8. The van der Waals surface area contributed by atoms with Gasteiger partial charge in [0, 0.05) is 30.7 Å². The molecule has 6 atom stereocenters. The molecule has 2 bridgehead atoms. The van der Waals surface area contributed by atoms with E-state index in [2.05, 4.69) is 0 Å². The average molecular weight is 388 g/mol. The number of aromatic hydroxyl groups is 2. The summed E-state index contributed by atoms with van der Waals surface area (Å²) >= 11 is 0. The van der Waals surface area contributed by atoms with E-state index >= 15 is 0 Å². The van der Waals surface area contributed by atoms with Crippen molar-refractivity contribution >= 4 is 5.78 Å². The Kier molecular flexibility index (Phi) is 2.94. The molecular weight excluding hydrogens is 362 g/mol. The number of hydrogen-bond donors (Lipinski definition) is 4. The molecule has 3 fully saturated rings. The lowest BCUT2D eigenvalue weighted by Crippen LogP contribution is -2.83. The van der Waals surface area contributed by atoms with E-state index in [0.29, 0.717) is 28.8 Å². The van der Waals surface area contributed by atoms with E-state index in [0.717, 1.165) is 24.9 Å². The smallest absolute Gasteiger partial charge is 0.200 e. The van der Waals surface area contributed by atoms with Crippen LogP contribution in [0, 0.1) is 5.92 Å². The molecule has 1 aromatic rings. The van der Waals surface area contributed by atoms with Gasteiger partial charge in [-0.25, -0.2) is 0 Å². The Hall–Kier alpha value is -1.83. The van der Waals surface area contributed by atoms with Crippen LogP contribution in [0.2, 0.25) is 0 Å². The zero-order valence-electron chi connectivity index (χ0n) is 15.9. The van der Waals surface area contributed by atoms with Crippen molar-refractivity contribution in [2.45, 2.75) is 67.9 Å². The normalized spacial score (nSPS) is 45.5. The molecule has 7 nitrogen and oxygen atoms in total. The molecule has 150 valence electrons. The number of Topliss-reactive ketones (excluding diaryl/α,β-unsaturated/α-hetero) is 1. The molecule has 2 aliphatic heterocycles. The number of carbonyl (C=O) groups is 1. The van der Waals surface area contributed by atoms with Crippen molar-refractivity contribution in [3.05, 3.63) is 17.2 Å². The molecule has 1 saturated heterocycles. The zero-order valence-corrected chi connectivity index (χ0v) is 15.9. The van der Waals surface area contributed by atoms with Crippen molar-refractivity contribution in [2.24, 2.45) is 5.92 Å². The zero-order chi connectivity index (χ0) is 19.6. The predicted octanol–water partition coefficient (Wildman–Crippen LogP) is 0.694. The van der Waals surface area contributed by atoms with Crippen LogP contribution in [-0.2, 0) is 16.6 Å². The van der Waals surface area contributed by atoms with Gasteiger partial charge in [-0.1, -0.05) is 0 Å². The fraction of sp³-hybridized carbons (Fsp3) is 0.667. The first kappa shape index (κ1) is 17.1.